The minimum Gasteiger partial charge on any atom is -0.147 e. The molecule has 2 unspecified atom stereocenters. The van der Waals surface area contributed by atoms with Crippen LogP contribution in [0, 0.1) is 0 Å². The van der Waals surface area contributed by atoms with Crippen LogP contribution in [0.15, 0.2) is 59.7 Å². The fourth-order valence-electron chi connectivity index (χ4n) is 9.12. The summed E-state index contributed by atoms with van der Waals surface area (Å²) < 4.78 is 4.03. The van der Waals surface area contributed by atoms with Crippen molar-refractivity contribution in [1.82, 2.24) is 0 Å². The summed E-state index contributed by atoms with van der Waals surface area (Å²) in [5, 5.41) is 0. The van der Waals surface area contributed by atoms with Crippen molar-refractivity contribution < 1.29 is 17.4 Å². The normalized spacial score (nSPS) is 17.6. The zero-order valence-electron chi connectivity index (χ0n) is 28.5. The van der Waals surface area contributed by atoms with E-state index in [-0.39, 0.29) is 24.8 Å². The molecule has 12 heteroatoms. The Bertz CT molecular complexity index is 1340. The zero-order valence-corrected chi connectivity index (χ0v) is 40.6. The fourth-order valence-corrected chi connectivity index (χ4v) is 44.0. The Hall–Kier alpha value is 1.77. The molecular formula is C36H54Cl8Si3Zr. The van der Waals surface area contributed by atoms with Gasteiger partial charge in [0.05, 0.1) is 0 Å². The summed E-state index contributed by atoms with van der Waals surface area (Å²) in [5.74, 6) is 0. The number of halogens is 8. The Morgan fingerprint density at radius 1 is 0.521 bits per heavy atom. The first-order valence-corrected chi connectivity index (χ1v) is 40.2. The first-order valence-electron chi connectivity index (χ1n) is 17.4. The van der Waals surface area contributed by atoms with Crippen LogP contribution in [-0.4, -0.2) is 18.9 Å². The van der Waals surface area contributed by atoms with Crippen LogP contribution in [0.1, 0.15) is 120 Å². The van der Waals surface area contributed by atoms with Gasteiger partial charge in [-0.05, 0) is 0 Å². The molecule has 2 aliphatic rings. The second-order valence-electron chi connectivity index (χ2n) is 14.5. The Balaban J connectivity index is 0.00000400. The summed E-state index contributed by atoms with van der Waals surface area (Å²) in [6.45, 7) is 7.50. The monoisotopic (exact) mass is 940 g/mol. The SMILES string of the molecule is CC1=Cc2ccccc2[CH]1[Zr](=[SiH2])([CH2]CCCCCCC[Si](Cl)(Cl)Cl)([CH2]CCCCCCC[Si](Cl)(Cl)Cl)[CH]1C(C)=Cc2ccccc21.Cl.Cl. The average Bonchev–Trinajstić information content (AvgIpc) is 3.51. The molecule has 2 aromatic carbocycles. The molecule has 4 rings (SSSR count). The van der Waals surface area contributed by atoms with Crippen LogP contribution in [-0.2, 0) is 17.4 Å². The zero-order chi connectivity index (χ0) is 33.5. The van der Waals surface area contributed by atoms with Gasteiger partial charge in [0.2, 0.25) is 0 Å². The van der Waals surface area contributed by atoms with Crippen molar-refractivity contribution in [3.8, 4) is 0 Å². The van der Waals surface area contributed by atoms with Gasteiger partial charge in [0.25, 0.3) is 0 Å². The van der Waals surface area contributed by atoms with Crippen molar-refractivity contribution >= 4 is 122 Å². The van der Waals surface area contributed by atoms with E-state index < -0.39 is 29.4 Å². The second kappa shape index (κ2) is 20.5. The van der Waals surface area contributed by atoms with Crippen LogP contribution in [0.25, 0.3) is 12.2 Å². The molecule has 0 aromatic heterocycles. The van der Waals surface area contributed by atoms with E-state index in [0.29, 0.717) is 7.25 Å². The summed E-state index contributed by atoms with van der Waals surface area (Å²) in [6, 6.07) is 15.2. The van der Waals surface area contributed by atoms with Crippen LogP contribution in [0.2, 0.25) is 20.3 Å². The maximum atomic E-state index is 6.14. The molecule has 0 radical (unpaired) electrons. The number of unbranched alkanes of at least 4 members (excludes halogenated alkanes) is 10. The molecule has 2 aromatic rings. The van der Waals surface area contributed by atoms with Gasteiger partial charge in [-0.2, -0.15) is 0 Å². The molecule has 48 heavy (non-hydrogen) atoms. The number of rotatable bonds is 20. The summed E-state index contributed by atoms with van der Waals surface area (Å²) in [4.78, 5) is 0. The molecule has 0 amide bonds. The van der Waals surface area contributed by atoms with Crippen LogP contribution in [0.4, 0.5) is 0 Å². The van der Waals surface area contributed by atoms with Gasteiger partial charge in [-0.1, -0.05) is 0 Å². The van der Waals surface area contributed by atoms with Gasteiger partial charge >= 0.3 is 315 Å². The van der Waals surface area contributed by atoms with E-state index in [9.17, 15) is 0 Å². The van der Waals surface area contributed by atoms with Crippen molar-refractivity contribution in [2.75, 3.05) is 0 Å². The average molecular weight is 946 g/mol. The molecule has 0 spiro atoms. The molecule has 0 N–H and O–H groups in total. The molecule has 2 aliphatic carbocycles. The number of allylic oxidation sites excluding steroid dienone is 2. The van der Waals surface area contributed by atoms with E-state index in [1.165, 1.54) is 83.6 Å². The van der Waals surface area contributed by atoms with E-state index in [0.717, 1.165) is 24.9 Å². The first kappa shape index (κ1) is 45.9. The minimum absolute atomic E-state index is 0. The molecule has 2 atom stereocenters. The summed E-state index contributed by atoms with van der Waals surface area (Å²) in [7, 11) is 0. The largest absolute Gasteiger partial charge is 0.147 e. The Morgan fingerprint density at radius 2 is 0.833 bits per heavy atom. The van der Waals surface area contributed by atoms with Crippen LogP contribution >= 0.6 is 91.3 Å². The molecule has 0 aliphatic heterocycles. The summed E-state index contributed by atoms with van der Waals surface area (Å²) in [5.41, 5.74) is 9.38. The maximum absolute atomic E-state index is 6.14. The van der Waals surface area contributed by atoms with Gasteiger partial charge in [-0.15, -0.1) is 24.8 Å². The van der Waals surface area contributed by atoms with E-state index in [1.54, 1.807) is 22.3 Å². The van der Waals surface area contributed by atoms with E-state index in [2.05, 4.69) is 81.4 Å². The second-order valence-corrected chi connectivity index (χ2v) is 59.6. The van der Waals surface area contributed by atoms with Crippen LogP contribution < -0.4 is 0 Å². The smallest absolute Gasteiger partial charge is 0.147 e. The predicted molar refractivity (Wildman–Crippen MR) is 230 cm³/mol. The Labute approximate surface area is 336 Å². The van der Waals surface area contributed by atoms with E-state index in [4.69, 9.17) is 66.5 Å². The molecular weight excluding hydrogens is 892 g/mol. The molecule has 0 saturated carbocycles. The van der Waals surface area contributed by atoms with Gasteiger partial charge in [-0.25, -0.2) is 0 Å². The molecule has 0 fully saturated rings. The maximum Gasteiger partial charge on any atom is -0.147 e. The Kier molecular flexibility index (Phi) is 19.6. The Morgan fingerprint density at radius 3 is 1.19 bits per heavy atom. The number of hydrogen-bond donors (Lipinski definition) is 0. The van der Waals surface area contributed by atoms with Crippen molar-refractivity contribution in [3.05, 3.63) is 81.9 Å². The van der Waals surface area contributed by atoms with E-state index >= 15 is 0 Å². The number of benzene rings is 2. The van der Waals surface area contributed by atoms with Crippen molar-refractivity contribution in [2.45, 2.75) is 118 Å². The minimum atomic E-state index is -3.77. The van der Waals surface area contributed by atoms with Gasteiger partial charge < -0.3 is 0 Å². The summed E-state index contributed by atoms with van der Waals surface area (Å²) >= 11 is 33.0. The topological polar surface area (TPSA) is 0 Å². The first-order chi connectivity index (χ1) is 21.7. The van der Waals surface area contributed by atoms with Crippen molar-refractivity contribution in [2.24, 2.45) is 0 Å². The predicted octanol–water partition coefficient (Wildman–Crippen LogP) is 15.2. The van der Waals surface area contributed by atoms with Crippen LogP contribution in [0.3, 0.4) is 0 Å². The van der Waals surface area contributed by atoms with Crippen LogP contribution in [0.5, 0.6) is 0 Å². The quantitative estimate of drug-likeness (QED) is 0.0705. The van der Waals surface area contributed by atoms with Gasteiger partial charge in [0.1, 0.15) is 0 Å². The third kappa shape index (κ3) is 12.4. The fraction of sp³-hybridized carbons (Fsp3) is 0.556. The molecule has 270 valence electrons. The van der Waals surface area contributed by atoms with Crippen molar-refractivity contribution in [1.29, 1.82) is 0 Å². The van der Waals surface area contributed by atoms with E-state index in [1.807, 2.05) is 0 Å². The van der Waals surface area contributed by atoms with Crippen molar-refractivity contribution in [3.63, 3.8) is 0 Å². The number of hydrogen-bond acceptors (Lipinski definition) is 0. The third-order valence-electron chi connectivity index (χ3n) is 10.9. The molecule has 0 bridgehead atoms. The van der Waals surface area contributed by atoms with Gasteiger partial charge in [0, 0.05) is 0 Å². The third-order valence-corrected chi connectivity index (χ3v) is 44.6. The summed E-state index contributed by atoms with van der Waals surface area (Å²) in [6.07, 6.45) is 19.8. The number of fused-ring (bicyclic) bond motifs is 2. The van der Waals surface area contributed by atoms with Gasteiger partial charge in [-0.3, -0.25) is 0 Å². The molecule has 0 heterocycles. The molecule has 0 nitrogen and oxygen atoms in total. The standard InChI is InChI=1S/2C10H9.2C8H16Cl3Si.2ClH.H2Si.Zr/c2*1-8-6-9-4-2-3-5-10(9)7-8;2*1-2-3-4-5-6-7-8-12(9,10)11;;;;/h2*2-7H,1H3;2*1-8H2;2*1H;1H2;. The van der Waals surface area contributed by atoms with Gasteiger partial charge in [0.15, 0.2) is 0 Å². The molecule has 0 saturated heterocycles.